The van der Waals surface area contributed by atoms with Crippen LogP contribution in [0.4, 0.5) is 0 Å². The van der Waals surface area contributed by atoms with Crippen LogP contribution in [0.5, 0.6) is 0 Å². The zero-order valence-electron chi connectivity index (χ0n) is 7.78. The number of piperidine rings is 1. The Kier molecular flexibility index (Phi) is 2.04. The Morgan fingerprint density at radius 1 is 1.46 bits per heavy atom. The lowest BCUT2D eigenvalue weighted by Gasteiger charge is -2.35. The molecule has 0 amide bonds. The van der Waals surface area contributed by atoms with Gasteiger partial charge in [0.25, 0.3) is 0 Å². The van der Waals surface area contributed by atoms with E-state index >= 15 is 0 Å². The zero-order chi connectivity index (χ0) is 9.47. The van der Waals surface area contributed by atoms with E-state index in [9.17, 15) is 10.0 Å². The third kappa shape index (κ3) is 1.09. The summed E-state index contributed by atoms with van der Waals surface area (Å²) < 4.78 is 4.70. The van der Waals surface area contributed by atoms with Gasteiger partial charge in [0.2, 0.25) is 0 Å². The first-order valence-electron chi connectivity index (χ1n) is 4.75. The summed E-state index contributed by atoms with van der Waals surface area (Å²) in [4.78, 5) is 11.5. The average Bonchev–Trinajstić information content (AvgIpc) is 2.40. The number of ether oxygens (including phenoxy) is 1. The van der Waals surface area contributed by atoms with Crippen LogP contribution >= 0.6 is 0 Å². The number of carbonyl (C=O) groups excluding carboxylic acids is 1. The normalized spacial score (nSPS) is 39.1. The summed E-state index contributed by atoms with van der Waals surface area (Å²) in [7, 11) is 1.35. The first-order valence-corrected chi connectivity index (χ1v) is 4.75. The first-order chi connectivity index (χ1) is 6.20. The van der Waals surface area contributed by atoms with Crippen molar-refractivity contribution in [1.29, 1.82) is 0 Å². The molecular formula is C9H14NO3. The molecule has 73 valence electrons. The van der Waals surface area contributed by atoms with E-state index in [0.29, 0.717) is 12.8 Å². The van der Waals surface area contributed by atoms with Crippen molar-refractivity contribution in [3.8, 4) is 0 Å². The molecule has 0 aromatic carbocycles. The van der Waals surface area contributed by atoms with E-state index in [1.54, 1.807) is 0 Å². The predicted molar refractivity (Wildman–Crippen MR) is 44.1 cm³/mol. The van der Waals surface area contributed by atoms with Crippen molar-refractivity contribution in [2.75, 3.05) is 7.11 Å². The van der Waals surface area contributed by atoms with Crippen molar-refractivity contribution in [2.24, 2.45) is 0 Å². The molecule has 2 saturated heterocycles. The minimum atomic E-state index is -0.822. The summed E-state index contributed by atoms with van der Waals surface area (Å²) >= 11 is 0. The smallest absolute Gasteiger partial charge is 0.328 e. The Morgan fingerprint density at radius 2 is 2.23 bits per heavy atom. The summed E-state index contributed by atoms with van der Waals surface area (Å²) in [6, 6.07) is 0.0628. The highest BCUT2D eigenvalue weighted by Gasteiger charge is 2.55. The van der Waals surface area contributed by atoms with Crippen molar-refractivity contribution < 1.29 is 14.7 Å². The Labute approximate surface area is 77.4 Å². The van der Waals surface area contributed by atoms with Crippen LogP contribution in [0.25, 0.3) is 0 Å². The van der Waals surface area contributed by atoms with Gasteiger partial charge in [-0.1, -0.05) is 0 Å². The topological polar surface area (TPSA) is 49.4 Å². The number of hydrogen-bond acceptors (Lipinski definition) is 3. The molecule has 1 radical (unpaired) electrons. The summed E-state index contributed by atoms with van der Waals surface area (Å²) in [5, 5.41) is 12.7. The second kappa shape index (κ2) is 2.96. The minimum absolute atomic E-state index is 0.0628. The third-order valence-corrected chi connectivity index (χ3v) is 3.34. The molecular weight excluding hydrogens is 170 g/mol. The number of carbonyl (C=O) groups is 1. The summed E-state index contributed by atoms with van der Waals surface area (Å²) in [5.74, 6) is -0.343. The highest BCUT2D eigenvalue weighted by Crippen LogP contribution is 2.43. The summed E-state index contributed by atoms with van der Waals surface area (Å²) in [5.41, 5.74) is -0.822. The van der Waals surface area contributed by atoms with Gasteiger partial charge in [-0.05, 0) is 32.1 Å². The van der Waals surface area contributed by atoms with Crippen LogP contribution in [0.15, 0.2) is 0 Å². The number of esters is 1. The SMILES string of the molecule is COC(=O)[C@@]12CCC[C@@H](CC1)N2[O]. The Morgan fingerprint density at radius 3 is 2.92 bits per heavy atom. The van der Waals surface area contributed by atoms with Crippen molar-refractivity contribution in [2.45, 2.75) is 43.7 Å². The van der Waals surface area contributed by atoms with Crippen molar-refractivity contribution in [1.82, 2.24) is 5.06 Å². The second-order valence-corrected chi connectivity index (χ2v) is 3.93. The van der Waals surface area contributed by atoms with E-state index in [1.165, 1.54) is 7.11 Å². The predicted octanol–water partition coefficient (Wildman–Crippen LogP) is 0.892. The molecule has 0 aliphatic carbocycles. The van der Waals surface area contributed by atoms with Crippen molar-refractivity contribution >= 4 is 5.97 Å². The van der Waals surface area contributed by atoms with Crippen LogP contribution in [0.2, 0.25) is 0 Å². The summed E-state index contributed by atoms with van der Waals surface area (Å²) in [6.07, 6.45) is 4.09. The van der Waals surface area contributed by atoms with Crippen LogP contribution in [0, 0.1) is 0 Å². The standard InChI is InChI=1S/C9H14NO3/c1-13-8(11)9-5-2-3-7(4-6-9)10(9)12/h7H,2-6H2,1H3/t7-,9+/m0/s1. The van der Waals surface area contributed by atoms with Gasteiger partial charge < -0.3 is 4.74 Å². The summed E-state index contributed by atoms with van der Waals surface area (Å²) in [6.45, 7) is 0. The lowest BCUT2D eigenvalue weighted by molar-refractivity contribution is -0.247. The van der Waals surface area contributed by atoms with Crippen LogP contribution in [-0.2, 0) is 14.7 Å². The molecule has 2 aliphatic heterocycles. The zero-order valence-corrected chi connectivity index (χ0v) is 7.78. The molecule has 0 N–H and O–H groups in total. The highest BCUT2D eigenvalue weighted by atomic mass is 16.5. The Bertz CT molecular complexity index is 227. The molecule has 2 atom stereocenters. The fourth-order valence-electron chi connectivity index (χ4n) is 2.59. The molecule has 2 fully saturated rings. The van der Waals surface area contributed by atoms with Crippen LogP contribution in [0.3, 0.4) is 0 Å². The second-order valence-electron chi connectivity index (χ2n) is 3.93. The maximum Gasteiger partial charge on any atom is 0.328 e. The molecule has 4 nitrogen and oxygen atoms in total. The average molecular weight is 184 g/mol. The van der Waals surface area contributed by atoms with Gasteiger partial charge in [0.05, 0.1) is 7.11 Å². The van der Waals surface area contributed by atoms with Gasteiger partial charge in [0.1, 0.15) is 5.54 Å². The number of hydroxylamine groups is 2. The Hall–Kier alpha value is -0.610. The van der Waals surface area contributed by atoms with Gasteiger partial charge in [0, 0.05) is 6.04 Å². The lowest BCUT2D eigenvalue weighted by Crippen LogP contribution is -2.53. The molecule has 0 saturated carbocycles. The van der Waals surface area contributed by atoms with E-state index in [0.717, 1.165) is 24.3 Å². The molecule has 0 aromatic heterocycles. The number of nitrogens with zero attached hydrogens (tertiary/aromatic N) is 1. The Balaban J connectivity index is 2.25. The van der Waals surface area contributed by atoms with E-state index < -0.39 is 5.54 Å². The molecule has 0 unspecified atom stereocenters. The van der Waals surface area contributed by atoms with Crippen molar-refractivity contribution in [3.63, 3.8) is 0 Å². The van der Waals surface area contributed by atoms with Gasteiger partial charge in [-0.2, -0.15) is 0 Å². The van der Waals surface area contributed by atoms with E-state index in [-0.39, 0.29) is 12.0 Å². The number of hydrogen-bond donors (Lipinski definition) is 0. The molecule has 0 aromatic rings. The van der Waals surface area contributed by atoms with Crippen molar-refractivity contribution in [3.05, 3.63) is 0 Å². The molecule has 4 heteroatoms. The molecule has 13 heavy (non-hydrogen) atoms. The molecule has 2 rings (SSSR count). The quantitative estimate of drug-likeness (QED) is 0.569. The largest absolute Gasteiger partial charge is 0.468 e. The monoisotopic (exact) mass is 184 g/mol. The fourth-order valence-corrected chi connectivity index (χ4v) is 2.59. The fraction of sp³-hybridized carbons (Fsp3) is 0.889. The van der Waals surface area contributed by atoms with E-state index in [1.807, 2.05) is 0 Å². The molecule has 2 bridgehead atoms. The van der Waals surface area contributed by atoms with E-state index in [4.69, 9.17) is 4.74 Å². The van der Waals surface area contributed by atoms with Crippen LogP contribution < -0.4 is 0 Å². The van der Waals surface area contributed by atoms with Gasteiger partial charge >= 0.3 is 5.97 Å². The number of methoxy groups -OCH3 is 1. The number of fused-ring (bicyclic) bond motifs is 2. The maximum absolute atomic E-state index is 11.7. The lowest BCUT2D eigenvalue weighted by atomic mass is 9.90. The molecule has 2 aliphatic rings. The van der Waals surface area contributed by atoms with Gasteiger partial charge in [-0.3, -0.25) is 0 Å². The van der Waals surface area contributed by atoms with Gasteiger partial charge in [-0.25, -0.2) is 4.79 Å². The van der Waals surface area contributed by atoms with Crippen LogP contribution in [0.1, 0.15) is 32.1 Å². The first kappa shape index (κ1) is 8.97. The number of rotatable bonds is 1. The molecule has 0 spiro atoms. The van der Waals surface area contributed by atoms with Crippen LogP contribution in [-0.4, -0.2) is 29.7 Å². The third-order valence-electron chi connectivity index (χ3n) is 3.34. The molecule has 2 heterocycles. The minimum Gasteiger partial charge on any atom is -0.468 e. The highest BCUT2D eigenvalue weighted by molar-refractivity contribution is 5.81. The maximum atomic E-state index is 11.7. The van der Waals surface area contributed by atoms with E-state index in [2.05, 4.69) is 0 Å². The van der Waals surface area contributed by atoms with Gasteiger partial charge in [-0.15, -0.1) is 10.3 Å². The van der Waals surface area contributed by atoms with Gasteiger partial charge in [0.15, 0.2) is 0 Å².